The number of rotatable bonds is 3. The molecule has 0 bridgehead atoms. The van der Waals surface area contributed by atoms with Gasteiger partial charge in [0.15, 0.2) is 0 Å². The molecule has 0 N–H and O–H groups in total. The highest BCUT2D eigenvalue weighted by atomic mass is 35.5. The molecule has 2 heterocycles. The van der Waals surface area contributed by atoms with Crippen LogP contribution in [0.2, 0.25) is 5.02 Å². The summed E-state index contributed by atoms with van der Waals surface area (Å²) in [5.74, 6) is 0.0363. The summed E-state index contributed by atoms with van der Waals surface area (Å²) >= 11 is 6.71. The van der Waals surface area contributed by atoms with Crippen LogP contribution in [0.4, 0.5) is 4.79 Å². The Morgan fingerprint density at radius 1 is 1.24 bits per heavy atom. The summed E-state index contributed by atoms with van der Waals surface area (Å²) in [5.41, 5.74) is 0.784. The maximum Gasteiger partial charge on any atom is 0.294 e. The quantitative estimate of drug-likeness (QED) is 0.753. The van der Waals surface area contributed by atoms with Gasteiger partial charge in [-0.15, -0.1) is 0 Å². The van der Waals surface area contributed by atoms with Crippen molar-refractivity contribution >= 4 is 46.5 Å². The number of carbonyl (C=O) groups is 3. The summed E-state index contributed by atoms with van der Waals surface area (Å²) in [4.78, 5) is 40.1. The highest BCUT2D eigenvalue weighted by Gasteiger charge is 2.37. The minimum Gasteiger partial charge on any atom is -0.341 e. The van der Waals surface area contributed by atoms with Gasteiger partial charge in [-0.1, -0.05) is 30.7 Å². The Balaban J connectivity index is 1.67. The van der Waals surface area contributed by atoms with Crippen LogP contribution in [0.25, 0.3) is 6.08 Å². The van der Waals surface area contributed by atoms with Crippen LogP contribution in [0.1, 0.15) is 25.3 Å². The average molecular weight is 379 g/mol. The molecule has 2 aliphatic rings. The third-order valence-corrected chi connectivity index (χ3v) is 5.63. The molecule has 0 spiro atoms. The molecule has 1 aromatic rings. The summed E-state index contributed by atoms with van der Waals surface area (Å²) in [5, 5.41) is 0.204. The standard InChI is InChI=1S/C18H19ClN2O3S/c1-12-6-8-20(9-7-12)16(22)11-21-17(23)15(25-18(21)24)10-13-2-4-14(19)5-3-13/h2-5,10,12H,6-9,11H2,1H3/b15-10+. The minimum atomic E-state index is -0.413. The number of benzene rings is 1. The Morgan fingerprint density at radius 3 is 2.52 bits per heavy atom. The molecular formula is C18H19ClN2O3S. The van der Waals surface area contributed by atoms with Crippen LogP contribution in [-0.2, 0) is 9.59 Å². The number of thioether (sulfide) groups is 1. The molecule has 2 aliphatic heterocycles. The number of nitrogens with zero attached hydrogens (tertiary/aromatic N) is 2. The lowest BCUT2D eigenvalue weighted by molar-refractivity contribution is -0.136. The zero-order valence-corrected chi connectivity index (χ0v) is 15.5. The Morgan fingerprint density at radius 2 is 1.88 bits per heavy atom. The molecule has 0 unspecified atom stereocenters. The van der Waals surface area contributed by atoms with Gasteiger partial charge >= 0.3 is 0 Å². The van der Waals surface area contributed by atoms with Gasteiger partial charge in [-0.2, -0.15) is 0 Å². The molecular weight excluding hydrogens is 360 g/mol. The van der Waals surface area contributed by atoms with Crippen LogP contribution < -0.4 is 0 Å². The van der Waals surface area contributed by atoms with Crippen molar-refractivity contribution in [3.63, 3.8) is 0 Å². The van der Waals surface area contributed by atoms with E-state index in [4.69, 9.17) is 11.6 Å². The molecule has 132 valence electrons. The monoisotopic (exact) mass is 378 g/mol. The third kappa shape index (κ3) is 4.25. The lowest BCUT2D eigenvalue weighted by atomic mass is 9.99. The Labute approximate surface area is 156 Å². The molecule has 2 saturated heterocycles. The van der Waals surface area contributed by atoms with Crippen molar-refractivity contribution in [2.45, 2.75) is 19.8 Å². The second-order valence-electron chi connectivity index (χ2n) is 6.38. The van der Waals surface area contributed by atoms with E-state index >= 15 is 0 Å². The Bertz CT molecular complexity index is 724. The van der Waals surface area contributed by atoms with Gasteiger partial charge in [0.2, 0.25) is 5.91 Å². The number of likely N-dealkylation sites (tertiary alicyclic amines) is 1. The molecule has 25 heavy (non-hydrogen) atoms. The predicted molar refractivity (Wildman–Crippen MR) is 99.1 cm³/mol. The van der Waals surface area contributed by atoms with Gasteiger partial charge in [0.05, 0.1) is 4.91 Å². The zero-order valence-electron chi connectivity index (χ0n) is 13.9. The topological polar surface area (TPSA) is 57.7 Å². The molecule has 0 aromatic heterocycles. The number of piperidine rings is 1. The smallest absolute Gasteiger partial charge is 0.294 e. The van der Waals surface area contributed by atoms with Crippen molar-refractivity contribution in [3.8, 4) is 0 Å². The molecule has 0 atom stereocenters. The number of hydrogen-bond donors (Lipinski definition) is 0. The van der Waals surface area contributed by atoms with Gasteiger partial charge < -0.3 is 4.90 Å². The van der Waals surface area contributed by atoms with Crippen LogP contribution >= 0.6 is 23.4 Å². The number of amides is 3. The van der Waals surface area contributed by atoms with Crippen LogP contribution in [0.15, 0.2) is 29.2 Å². The normalized spacial score (nSPS) is 20.6. The summed E-state index contributed by atoms with van der Waals surface area (Å²) in [7, 11) is 0. The second kappa shape index (κ2) is 7.62. The fraction of sp³-hybridized carbons (Fsp3) is 0.389. The molecule has 5 nitrogen and oxygen atoms in total. The molecule has 1 aromatic carbocycles. The first-order valence-corrected chi connectivity index (χ1v) is 9.42. The molecule has 0 radical (unpaired) electrons. The molecule has 2 fully saturated rings. The molecule has 0 aliphatic carbocycles. The van der Waals surface area contributed by atoms with E-state index in [9.17, 15) is 14.4 Å². The van der Waals surface area contributed by atoms with E-state index in [1.807, 2.05) is 0 Å². The number of hydrogen-bond acceptors (Lipinski definition) is 4. The van der Waals surface area contributed by atoms with Crippen molar-refractivity contribution < 1.29 is 14.4 Å². The number of imide groups is 1. The van der Waals surface area contributed by atoms with E-state index in [0.717, 1.165) is 35.1 Å². The fourth-order valence-corrected chi connectivity index (χ4v) is 3.80. The second-order valence-corrected chi connectivity index (χ2v) is 7.81. The number of halogens is 1. The van der Waals surface area contributed by atoms with Gasteiger partial charge in [0.1, 0.15) is 6.54 Å². The SMILES string of the molecule is CC1CCN(C(=O)CN2C(=O)S/C(=C/c3ccc(Cl)cc3)C2=O)CC1. The molecule has 3 amide bonds. The van der Waals surface area contributed by atoms with E-state index in [2.05, 4.69) is 6.92 Å². The number of carbonyl (C=O) groups excluding carboxylic acids is 3. The minimum absolute atomic E-state index is 0.165. The van der Waals surface area contributed by atoms with Crippen molar-refractivity contribution in [1.82, 2.24) is 9.80 Å². The third-order valence-electron chi connectivity index (χ3n) is 4.47. The first kappa shape index (κ1) is 18.0. The fourth-order valence-electron chi connectivity index (χ4n) is 2.84. The first-order valence-electron chi connectivity index (χ1n) is 8.23. The van der Waals surface area contributed by atoms with Crippen molar-refractivity contribution in [2.75, 3.05) is 19.6 Å². The maximum atomic E-state index is 12.5. The van der Waals surface area contributed by atoms with Gasteiger partial charge in [-0.25, -0.2) is 0 Å². The first-order chi connectivity index (χ1) is 11.9. The Kier molecular flexibility index (Phi) is 5.49. The summed E-state index contributed by atoms with van der Waals surface area (Å²) < 4.78 is 0. The van der Waals surface area contributed by atoms with Gasteiger partial charge in [0, 0.05) is 18.1 Å². The van der Waals surface area contributed by atoms with E-state index in [-0.39, 0.29) is 12.5 Å². The van der Waals surface area contributed by atoms with Crippen LogP contribution in [0.5, 0.6) is 0 Å². The van der Waals surface area contributed by atoms with Gasteiger partial charge in [-0.3, -0.25) is 19.3 Å². The maximum absolute atomic E-state index is 12.5. The summed E-state index contributed by atoms with van der Waals surface area (Å²) in [6.07, 6.45) is 3.57. The average Bonchev–Trinajstić information content (AvgIpc) is 2.85. The molecule has 0 saturated carbocycles. The van der Waals surface area contributed by atoms with Crippen molar-refractivity contribution in [2.24, 2.45) is 5.92 Å². The van der Waals surface area contributed by atoms with E-state index < -0.39 is 11.1 Å². The highest BCUT2D eigenvalue weighted by Crippen LogP contribution is 2.32. The lowest BCUT2D eigenvalue weighted by Crippen LogP contribution is -2.45. The van der Waals surface area contributed by atoms with Crippen molar-refractivity contribution in [3.05, 3.63) is 39.8 Å². The summed E-state index contributed by atoms with van der Waals surface area (Å²) in [6.45, 7) is 3.37. The van der Waals surface area contributed by atoms with Gasteiger partial charge in [-0.05, 0) is 54.3 Å². The molecule has 3 rings (SSSR count). The van der Waals surface area contributed by atoms with Crippen LogP contribution in [0, 0.1) is 5.92 Å². The predicted octanol–water partition coefficient (Wildman–Crippen LogP) is 3.63. The molecule has 7 heteroatoms. The largest absolute Gasteiger partial charge is 0.341 e. The van der Waals surface area contributed by atoms with E-state index in [0.29, 0.717) is 28.9 Å². The van der Waals surface area contributed by atoms with Crippen LogP contribution in [0.3, 0.4) is 0 Å². The highest BCUT2D eigenvalue weighted by molar-refractivity contribution is 8.18. The lowest BCUT2D eigenvalue weighted by Gasteiger charge is -2.31. The summed E-state index contributed by atoms with van der Waals surface area (Å²) in [6, 6.07) is 6.99. The van der Waals surface area contributed by atoms with Crippen LogP contribution in [-0.4, -0.2) is 46.5 Å². The zero-order chi connectivity index (χ0) is 18.0. The van der Waals surface area contributed by atoms with Gasteiger partial charge in [0.25, 0.3) is 11.1 Å². The van der Waals surface area contributed by atoms with E-state index in [1.54, 1.807) is 35.2 Å². The van der Waals surface area contributed by atoms with E-state index in [1.165, 1.54) is 0 Å². The Hall–Kier alpha value is -1.79. The van der Waals surface area contributed by atoms with Crippen molar-refractivity contribution in [1.29, 1.82) is 0 Å².